The molecule has 2 rings (SSSR count). The summed E-state index contributed by atoms with van der Waals surface area (Å²) in [5, 5.41) is 10.0. The normalized spacial score (nSPS) is 11.1. The summed E-state index contributed by atoms with van der Waals surface area (Å²) in [5.74, 6) is -1.16. The average Bonchev–Trinajstić information content (AvgIpc) is 2.49. The topological polar surface area (TPSA) is 66.8 Å². The van der Waals surface area contributed by atoms with Gasteiger partial charge < -0.3 is 9.84 Å². The summed E-state index contributed by atoms with van der Waals surface area (Å²) >= 11 is 12.0. The molecule has 0 aliphatic carbocycles. The molecule has 0 aromatic heterocycles. The second-order valence-corrected chi connectivity index (χ2v) is 7.05. The number of rotatable bonds is 3. The number of carboxylic acid groups (broad SMARTS) is 1. The standard InChI is InChI=1S/C18H17Cl2NO4/c1-18(2,3)25-17(24)21(11-8-9-13(19)14(20)10-11)15-7-5-4-6-12(15)16(22)23/h4-10H,1-3H3,(H,22,23). The van der Waals surface area contributed by atoms with Crippen LogP contribution < -0.4 is 4.90 Å². The Hall–Kier alpha value is -2.24. The van der Waals surface area contributed by atoms with Gasteiger partial charge in [-0.25, -0.2) is 14.5 Å². The van der Waals surface area contributed by atoms with Crippen LogP contribution in [0.3, 0.4) is 0 Å². The highest BCUT2D eigenvalue weighted by Gasteiger charge is 2.28. The lowest BCUT2D eigenvalue weighted by molar-refractivity contribution is 0.0599. The van der Waals surface area contributed by atoms with Gasteiger partial charge in [-0.1, -0.05) is 35.3 Å². The van der Waals surface area contributed by atoms with Crippen LogP contribution in [0, 0.1) is 0 Å². The van der Waals surface area contributed by atoms with Gasteiger partial charge in [0.25, 0.3) is 0 Å². The van der Waals surface area contributed by atoms with Crippen molar-refractivity contribution in [1.82, 2.24) is 0 Å². The molecule has 0 aliphatic heterocycles. The number of aromatic carboxylic acids is 1. The molecule has 0 atom stereocenters. The van der Waals surface area contributed by atoms with Gasteiger partial charge in [0.05, 0.1) is 27.0 Å². The molecule has 0 bridgehead atoms. The summed E-state index contributed by atoms with van der Waals surface area (Å²) in [6, 6.07) is 10.7. The van der Waals surface area contributed by atoms with Crippen LogP contribution in [0.1, 0.15) is 31.1 Å². The van der Waals surface area contributed by atoms with Crippen molar-refractivity contribution in [3.63, 3.8) is 0 Å². The lowest BCUT2D eigenvalue weighted by atomic mass is 10.1. The fourth-order valence-electron chi connectivity index (χ4n) is 2.12. The van der Waals surface area contributed by atoms with Crippen molar-refractivity contribution >= 4 is 46.6 Å². The van der Waals surface area contributed by atoms with Gasteiger partial charge in [-0.05, 0) is 51.1 Å². The van der Waals surface area contributed by atoms with Crippen molar-refractivity contribution in [2.45, 2.75) is 26.4 Å². The molecule has 25 heavy (non-hydrogen) atoms. The van der Waals surface area contributed by atoms with E-state index in [1.807, 2.05) is 0 Å². The Labute approximate surface area is 155 Å². The Morgan fingerprint density at radius 1 is 1.04 bits per heavy atom. The third kappa shape index (κ3) is 4.65. The van der Waals surface area contributed by atoms with E-state index in [0.717, 1.165) is 4.90 Å². The average molecular weight is 382 g/mol. The molecule has 5 nitrogen and oxygen atoms in total. The number of carboxylic acids is 1. The number of anilines is 2. The van der Waals surface area contributed by atoms with Crippen LogP contribution in [-0.2, 0) is 4.74 Å². The highest BCUT2D eigenvalue weighted by Crippen LogP contribution is 2.34. The molecule has 0 heterocycles. The zero-order valence-corrected chi connectivity index (χ0v) is 15.4. The van der Waals surface area contributed by atoms with Crippen LogP contribution >= 0.6 is 23.2 Å². The van der Waals surface area contributed by atoms with E-state index in [-0.39, 0.29) is 16.3 Å². The van der Waals surface area contributed by atoms with Gasteiger partial charge in [-0.2, -0.15) is 0 Å². The second kappa shape index (κ2) is 7.33. The molecule has 0 aliphatic rings. The number of ether oxygens (including phenoxy) is 1. The zero-order valence-electron chi connectivity index (χ0n) is 13.9. The Kier molecular flexibility index (Phi) is 5.60. The third-order valence-electron chi connectivity index (χ3n) is 3.11. The maximum atomic E-state index is 12.8. The molecule has 0 fully saturated rings. The highest BCUT2D eigenvalue weighted by molar-refractivity contribution is 6.42. The van der Waals surface area contributed by atoms with Crippen molar-refractivity contribution in [3.8, 4) is 0 Å². The number of halogens is 2. The maximum absolute atomic E-state index is 12.8. The largest absolute Gasteiger partial charge is 0.478 e. The minimum atomic E-state index is -1.16. The summed E-state index contributed by atoms with van der Waals surface area (Å²) < 4.78 is 5.43. The molecule has 1 N–H and O–H groups in total. The fourth-order valence-corrected chi connectivity index (χ4v) is 2.42. The Bertz CT molecular complexity index is 815. The second-order valence-electron chi connectivity index (χ2n) is 6.24. The number of para-hydroxylation sites is 1. The number of hydrogen-bond donors (Lipinski definition) is 1. The SMILES string of the molecule is CC(C)(C)OC(=O)N(c1ccc(Cl)c(Cl)c1)c1ccccc1C(=O)O. The van der Waals surface area contributed by atoms with Crippen molar-refractivity contribution in [2.24, 2.45) is 0 Å². The van der Waals surface area contributed by atoms with Gasteiger partial charge >= 0.3 is 12.1 Å². The van der Waals surface area contributed by atoms with Crippen LogP contribution in [-0.4, -0.2) is 22.8 Å². The van der Waals surface area contributed by atoms with Crippen LogP contribution in [0.15, 0.2) is 42.5 Å². The predicted molar refractivity (Wildman–Crippen MR) is 98.2 cm³/mol. The maximum Gasteiger partial charge on any atom is 0.419 e. The van der Waals surface area contributed by atoms with Gasteiger partial charge in [-0.15, -0.1) is 0 Å². The summed E-state index contributed by atoms with van der Waals surface area (Å²) in [7, 11) is 0. The number of carbonyl (C=O) groups excluding carboxylic acids is 1. The fraction of sp³-hybridized carbons (Fsp3) is 0.222. The van der Waals surface area contributed by atoms with Crippen LogP contribution in [0.25, 0.3) is 0 Å². The van der Waals surface area contributed by atoms with E-state index < -0.39 is 17.7 Å². The highest BCUT2D eigenvalue weighted by atomic mass is 35.5. The monoisotopic (exact) mass is 381 g/mol. The molecule has 0 spiro atoms. The summed E-state index contributed by atoms with van der Waals surface area (Å²) in [6.07, 6.45) is -0.723. The van der Waals surface area contributed by atoms with E-state index in [1.165, 1.54) is 24.3 Å². The van der Waals surface area contributed by atoms with Crippen LogP contribution in [0.4, 0.5) is 16.2 Å². The van der Waals surface area contributed by atoms with E-state index in [2.05, 4.69) is 0 Å². The van der Waals surface area contributed by atoms with E-state index in [4.69, 9.17) is 27.9 Å². The van der Waals surface area contributed by atoms with E-state index >= 15 is 0 Å². The number of benzene rings is 2. The van der Waals surface area contributed by atoms with E-state index in [1.54, 1.807) is 39.0 Å². The van der Waals surface area contributed by atoms with Gasteiger partial charge in [-0.3, -0.25) is 0 Å². The quantitative estimate of drug-likeness (QED) is 0.732. The Morgan fingerprint density at radius 3 is 2.24 bits per heavy atom. The first kappa shape index (κ1) is 19.1. The minimum absolute atomic E-state index is 0.0422. The smallest absolute Gasteiger partial charge is 0.419 e. The molecular weight excluding hydrogens is 365 g/mol. The molecule has 0 saturated heterocycles. The molecule has 2 aromatic rings. The first-order chi connectivity index (χ1) is 11.6. The molecule has 2 aromatic carbocycles. The lowest BCUT2D eigenvalue weighted by Gasteiger charge is -2.28. The molecular formula is C18H17Cl2NO4. The van der Waals surface area contributed by atoms with E-state index in [0.29, 0.717) is 10.7 Å². The number of amides is 1. The summed E-state index contributed by atoms with van der Waals surface area (Å²) in [4.78, 5) is 25.5. The van der Waals surface area contributed by atoms with Crippen molar-refractivity contribution < 1.29 is 19.4 Å². The van der Waals surface area contributed by atoms with Crippen LogP contribution in [0.2, 0.25) is 10.0 Å². The molecule has 1 amide bonds. The van der Waals surface area contributed by atoms with E-state index in [9.17, 15) is 14.7 Å². The molecule has 0 unspecified atom stereocenters. The van der Waals surface area contributed by atoms with Gasteiger partial charge in [0, 0.05) is 0 Å². The zero-order chi connectivity index (χ0) is 18.8. The van der Waals surface area contributed by atoms with Gasteiger partial charge in [0.2, 0.25) is 0 Å². The first-order valence-electron chi connectivity index (χ1n) is 7.40. The Morgan fingerprint density at radius 2 is 1.68 bits per heavy atom. The molecule has 0 radical (unpaired) electrons. The van der Waals surface area contributed by atoms with Crippen molar-refractivity contribution in [1.29, 1.82) is 0 Å². The first-order valence-corrected chi connectivity index (χ1v) is 8.16. The predicted octanol–water partition coefficient (Wildman–Crippen LogP) is 5.76. The van der Waals surface area contributed by atoms with Gasteiger partial charge in [0.1, 0.15) is 5.60 Å². The van der Waals surface area contributed by atoms with Crippen molar-refractivity contribution in [3.05, 3.63) is 58.1 Å². The molecule has 0 saturated carbocycles. The van der Waals surface area contributed by atoms with Gasteiger partial charge in [0.15, 0.2) is 0 Å². The van der Waals surface area contributed by atoms with Crippen molar-refractivity contribution in [2.75, 3.05) is 4.90 Å². The lowest BCUT2D eigenvalue weighted by Crippen LogP contribution is -2.34. The number of nitrogens with zero attached hydrogens (tertiary/aromatic N) is 1. The number of carbonyl (C=O) groups is 2. The molecule has 132 valence electrons. The number of hydrogen-bond acceptors (Lipinski definition) is 3. The Balaban J connectivity index is 2.62. The third-order valence-corrected chi connectivity index (χ3v) is 3.85. The summed E-state index contributed by atoms with van der Waals surface area (Å²) in [6.45, 7) is 5.17. The molecule has 7 heteroatoms. The summed E-state index contributed by atoms with van der Waals surface area (Å²) in [5.41, 5.74) is -0.289. The minimum Gasteiger partial charge on any atom is -0.478 e. The van der Waals surface area contributed by atoms with Crippen LogP contribution in [0.5, 0.6) is 0 Å².